The predicted octanol–water partition coefficient (Wildman–Crippen LogP) is 2.64. The molecule has 0 N–H and O–H groups in total. The Morgan fingerprint density at radius 3 is 2.67 bits per heavy atom. The van der Waals surface area contributed by atoms with Gasteiger partial charge in [0.2, 0.25) is 0 Å². The van der Waals surface area contributed by atoms with Crippen LogP contribution in [-0.2, 0) is 0 Å². The number of aromatic nitrogens is 4. The van der Waals surface area contributed by atoms with Crippen molar-refractivity contribution in [2.75, 3.05) is 0 Å². The van der Waals surface area contributed by atoms with Crippen molar-refractivity contribution in [2.45, 2.75) is 6.92 Å². The highest BCUT2D eigenvalue weighted by molar-refractivity contribution is 5.64. The first-order valence-electron chi connectivity index (χ1n) is 5.70. The fraction of sp³-hybridized carbons (Fsp3) is 0.0714. The maximum absolute atomic E-state index is 4.35. The van der Waals surface area contributed by atoms with E-state index in [0.717, 1.165) is 16.8 Å². The van der Waals surface area contributed by atoms with Crippen molar-refractivity contribution in [3.05, 3.63) is 60.9 Å². The smallest absolute Gasteiger partial charge is 0.0828 e. The Bertz CT molecular complexity index is 658. The Balaban J connectivity index is 2.03. The SMILES string of the molecule is Cc1ccncc1-c1cnn(-c2cccnc2)c1. The Labute approximate surface area is 105 Å². The topological polar surface area (TPSA) is 43.6 Å². The van der Waals surface area contributed by atoms with E-state index in [0.29, 0.717) is 0 Å². The first kappa shape index (κ1) is 10.7. The van der Waals surface area contributed by atoms with Crippen molar-refractivity contribution in [1.82, 2.24) is 19.7 Å². The summed E-state index contributed by atoms with van der Waals surface area (Å²) in [7, 11) is 0. The number of nitrogens with zero attached hydrogens (tertiary/aromatic N) is 4. The molecule has 0 aliphatic carbocycles. The zero-order valence-corrected chi connectivity index (χ0v) is 9.99. The van der Waals surface area contributed by atoms with Crippen LogP contribution in [-0.4, -0.2) is 19.7 Å². The molecule has 0 atom stereocenters. The zero-order chi connectivity index (χ0) is 12.4. The third-order valence-corrected chi connectivity index (χ3v) is 2.84. The molecule has 18 heavy (non-hydrogen) atoms. The second-order valence-corrected chi connectivity index (χ2v) is 4.08. The number of hydrogen-bond donors (Lipinski definition) is 0. The Morgan fingerprint density at radius 2 is 1.89 bits per heavy atom. The molecular weight excluding hydrogens is 224 g/mol. The van der Waals surface area contributed by atoms with Gasteiger partial charge in [0.1, 0.15) is 0 Å². The monoisotopic (exact) mass is 236 g/mol. The van der Waals surface area contributed by atoms with Gasteiger partial charge in [-0.15, -0.1) is 0 Å². The zero-order valence-electron chi connectivity index (χ0n) is 9.99. The summed E-state index contributed by atoms with van der Waals surface area (Å²) < 4.78 is 1.81. The van der Waals surface area contributed by atoms with Crippen molar-refractivity contribution in [3.63, 3.8) is 0 Å². The van der Waals surface area contributed by atoms with Crippen LogP contribution in [0.1, 0.15) is 5.56 Å². The van der Waals surface area contributed by atoms with Crippen LogP contribution < -0.4 is 0 Å². The molecule has 0 aliphatic heterocycles. The molecule has 3 heterocycles. The minimum atomic E-state index is 0.949. The Kier molecular flexibility index (Phi) is 2.61. The lowest BCUT2D eigenvalue weighted by Gasteiger charge is -2.01. The normalized spacial score (nSPS) is 10.5. The van der Waals surface area contributed by atoms with E-state index in [-0.39, 0.29) is 0 Å². The van der Waals surface area contributed by atoms with Gasteiger partial charge in [-0.3, -0.25) is 9.97 Å². The molecule has 4 nitrogen and oxygen atoms in total. The van der Waals surface area contributed by atoms with E-state index in [2.05, 4.69) is 22.0 Å². The molecule has 0 saturated carbocycles. The first-order chi connectivity index (χ1) is 8.84. The fourth-order valence-corrected chi connectivity index (χ4v) is 1.86. The van der Waals surface area contributed by atoms with Gasteiger partial charge in [0.05, 0.1) is 18.1 Å². The number of hydrogen-bond acceptors (Lipinski definition) is 3. The van der Waals surface area contributed by atoms with Crippen molar-refractivity contribution in [1.29, 1.82) is 0 Å². The molecule has 3 aromatic heterocycles. The third kappa shape index (κ3) is 1.88. The van der Waals surface area contributed by atoms with Gasteiger partial charge in [0.25, 0.3) is 0 Å². The largest absolute Gasteiger partial charge is 0.264 e. The quantitative estimate of drug-likeness (QED) is 0.687. The number of aryl methyl sites for hydroxylation is 1. The molecule has 0 radical (unpaired) electrons. The van der Waals surface area contributed by atoms with Crippen molar-refractivity contribution < 1.29 is 0 Å². The highest BCUT2D eigenvalue weighted by Gasteiger charge is 2.05. The molecule has 0 spiro atoms. The Morgan fingerprint density at radius 1 is 1.00 bits per heavy atom. The van der Waals surface area contributed by atoms with Gasteiger partial charge in [0, 0.05) is 35.9 Å². The molecule has 3 rings (SSSR count). The lowest BCUT2D eigenvalue weighted by molar-refractivity contribution is 0.874. The van der Waals surface area contributed by atoms with Gasteiger partial charge < -0.3 is 0 Å². The van der Waals surface area contributed by atoms with Crippen LogP contribution in [0, 0.1) is 6.92 Å². The molecule has 0 amide bonds. The first-order valence-corrected chi connectivity index (χ1v) is 5.70. The molecule has 4 heteroatoms. The summed E-state index contributed by atoms with van der Waals surface area (Å²) >= 11 is 0. The molecule has 0 unspecified atom stereocenters. The van der Waals surface area contributed by atoms with Crippen LogP contribution in [0.25, 0.3) is 16.8 Å². The molecule has 0 aromatic carbocycles. The van der Waals surface area contributed by atoms with Crippen LogP contribution in [0.2, 0.25) is 0 Å². The lowest BCUT2D eigenvalue weighted by atomic mass is 10.1. The minimum absolute atomic E-state index is 0.949. The molecule has 3 aromatic rings. The average Bonchev–Trinajstić information content (AvgIpc) is 2.90. The van der Waals surface area contributed by atoms with Gasteiger partial charge in [-0.05, 0) is 30.7 Å². The van der Waals surface area contributed by atoms with E-state index in [1.165, 1.54) is 5.56 Å². The van der Waals surface area contributed by atoms with E-state index in [1.54, 1.807) is 18.6 Å². The highest BCUT2D eigenvalue weighted by Crippen LogP contribution is 2.22. The van der Waals surface area contributed by atoms with E-state index in [1.807, 2.05) is 41.5 Å². The summed E-state index contributed by atoms with van der Waals surface area (Å²) in [6, 6.07) is 5.86. The predicted molar refractivity (Wildman–Crippen MR) is 69.3 cm³/mol. The summed E-state index contributed by atoms with van der Waals surface area (Å²) in [5.74, 6) is 0. The van der Waals surface area contributed by atoms with Gasteiger partial charge in [-0.1, -0.05) is 0 Å². The van der Waals surface area contributed by atoms with Gasteiger partial charge in [-0.2, -0.15) is 5.10 Å². The fourth-order valence-electron chi connectivity index (χ4n) is 1.86. The minimum Gasteiger partial charge on any atom is -0.264 e. The second kappa shape index (κ2) is 4.41. The molecule has 0 fully saturated rings. The molecule has 0 aliphatic rings. The highest BCUT2D eigenvalue weighted by atomic mass is 15.3. The van der Waals surface area contributed by atoms with Gasteiger partial charge in [-0.25, -0.2) is 4.68 Å². The molecule has 0 bridgehead atoms. The van der Waals surface area contributed by atoms with Crippen molar-refractivity contribution in [3.8, 4) is 16.8 Å². The molecule has 88 valence electrons. The maximum Gasteiger partial charge on any atom is 0.0828 e. The molecule has 0 saturated heterocycles. The average molecular weight is 236 g/mol. The Hall–Kier alpha value is -2.49. The van der Waals surface area contributed by atoms with Crippen LogP contribution in [0.15, 0.2) is 55.4 Å². The summed E-state index contributed by atoms with van der Waals surface area (Å²) in [6.45, 7) is 2.07. The van der Waals surface area contributed by atoms with Crippen LogP contribution in [0.5, 0.6) is 0 Å². The second-order valence-electron chi connectivity index (χ2n) is 4.08. The van der Waals surface area contributed by atoms with E-state index in [4.69, 9.17) is 0 Å². The van der Waals surface area contributed by atoms with Gasteiger partial charge in [0.15, 0.2) is 0 Å². The molecular formula is C14H12N4. The number of pyridine rings is 2. The summed E-state index contributed by atoms with van der Waals surface area (Å²) in [5.41, 5.74) is 4.30. The standard InChI is InChI=1S/C14H12N4/c1-11-4-6-16-9-14(11)12-7-17-18(10-12)13-3-2-5-15-8-13/h2-10H,1H3. The summed E-state index contributed by atoms with van der Waals surface area (Å²) in [4.78, 5) is 8.24. The maximum atomic E-state index is 4.35. The third-order valence-electron chi connectivity index (χ3n) is 2.84. The van der Waals surface area contributed by atoms with E-state index in [9.17, 15) is 0 Å². The van der Waals surface area contributed by atoms with Crippen molar-refractivity contribution >= 4 is 0 Å². The summed E-state index contributed by atoms with van der Waals surface area (Å²) in [5, 5.41) is 4.35. The lowest BCUT2D eigenvalue weighted by Crippen LogP contribution is -1.93. The van der Waals surface area contributed by atoms with E-state index < -0.39 is 0 Å². The number of rotatable bonds is 2. The van der Waals surface area contributed by atoms with Gasteiger partial charge >= 0.3 is 0 Å². The van der Waals surface area contributed by atoms with Crippen molar-refractivity contribution in [2.24, 2.45) is 0 Å². The van der Waals surface area contributed by atoms with E-state index >= 15 is 0 Å². The van der Waals surface area contributed by atoms with Crippen LogP contribution in [0.4, 0.5) is 0 Å². The van der Waals surface area contributed by atoms with Crippen LogP contribution >= 0.6 is 0 Å². The summed E-state index contributed by atoms with van der Waals surface area (Å²) in [6.07, 6.45) is 11.0. The van der Waals surface area contributed by atoms with Crippen LogP contribution in [0.3, 0.4) is 0 Å².